The first-order valence-electron chi connectivity index (χ1n) is 13.4. The molecule has 1 aliphatic heterocycles. The van der Waals surface area contributed by atoms with E-state index in [0.29, 0.717) is 27.1 Å². The number of furan rings is 1. The Morgan fingerprint density at radius 1 is 0.872 bits per heavy atom. The third-order valence-corrected chi connectivity index (χ3v) is 9.55. The highest BCUT2D eigenvalue weighted by Crippen LogP contribution is 2.60. The Morgan fingerprint density at radius 3 is 2.21 bits per heavy atom. The number of nitrogens with one attached hydrogen (secondary N) is 1. The van der Waals surface area contributed by atoms with E-state index in [0.717, 1.165) is 22.7 Å². The minimum Gasteiger partial charge on any atom is -0.457 e. The van der Waals surface area contributed by atoms with Gasteiger partial charge in [0.2, 0.25) is 0 Å². The van der Waals surface area contributed by atoms with Crippen LogP contribution in [0.25, 0.3) is 17.4 Å². The average Bonchev–Trinajstić information content (AvgIpc) is 3.36. The SMILES string of the molecule is O=C1NC(=O)N(c2ccc(C34CC5CC(CC(C5)C3)C4)cc2)C(=O)/C1=C/c1ccc(-c2cc(Cl)ccc2Cl)o1. The second-order valence-corrected chi connectivity index (χ2v) is 12.4. The first-order valence-corrected chi connectivity index (χ1v) is 14.1. The highest BCUT2D eigenvalue weighted by Gasteiger charge is 2.51. The van der Waals surface area contributed by atoms with Crippen molar-refractivity contribution < 1.29 is 18.8 Å². The lowest BCUT2D eigenvalue weighted by Crippen LogP contribution is -2.54. The molecule has 0 atom stereocenters. The van der Waals surface area contributed by atoms with E-state index < -0.39 is 17.8 Å². The zero-order chi connectivity index (χ0) is 26.9. The van der Waals surface area contributed by atoms with Crippen molar-refractivity contribution in [1.82, 2.24) is 5.32 Å². The quantitative estimate of drug-likeness (QED) is 0.266. The number of amides is 4. The van der Waals surface area contributed by atoms with Crippen LogP contribution in [0.5, 0.6) is 0 Å². The van der Waals surface area contributed by atoms with Crippen molar-refractivity contribution in [3.05, 3.63) is 81.5 Å². The Labute approximate surface area is 236 Å². The number of rotatable bonds is 4. The molecule has 8 heteroatoms. The number of nitrogens with zero attached hydrogens (tertiary/aromatic N) is 1. The average molecular weight is 561 g/mol. The Morgan fingerprint density at radius 2 is 1.54 bits per heavy atom. The molecule has 39 heavy (non-hydrogen) atoms. The number of barbiturate groups is 1. The van der Waals surface area contributed by atoms with E-state index in [9.17, 15) is 14.4 Å². The van der Waals surface area contributed by atoms with Gasteiger partial charge in [-0.15, -0.1) is 0 Å². The molecule has 5 aliphatic rings. The Bertz CT molecular complexity index is 1520. The summed E-state index contributed by atoms with van der Waals surface area (Å²) < 4.78 is 5.85. The summed E-state index contributed by atoms with van der Waals surface area (Å²) in [6.07, 6.45) is 9.13. The van der Waals surface area contributed by atoms with Crippen molar-refractivity contribution in [3.63, 3.8) is 0 Å². The Hall–Kier alpha value is -3.35. The number of carbonyl (C=O) groups is 3. The molecule has 0 radical (unpaired) electrons. The molecule has 1 saturated heterocycles. The molecule has 4 aliphatic carbocycles. The molecule has 4 bridgehead atoms. The van der Waals surface area contributed by atoms with Crippen LogP contribution in [0.1, 0.15) is 49.8 Å². The lowest BCUT2D eigenvalue weighted by molar-refractivity contribution is -0.122. The van der Waals surface area contributed by atoms with Crippen molar-refractivity contribution >= 4 is 52.8 Å². The molecule has 198 valence electrons. The summed E-state index contributed by atoms with van der Waals surface area (Å²) in [5.74, 6) is 1.69. The number of urea groups is 1. The number of imide groups is 2. The molecule has 4 saturated carbocycles. The fourth-order valence-electron chi connectivity index (χ4n) is 7.72. The summed E-state index contributed by atoms with van der Waals surface area (Å²) in [5.41, 5.74) is 2.33. The Kier molecular flexibility index (Phi) is 5.76. The van der Waals surface area contributed by atoms with E-state index in [-0.39, 0.29) is 16.7 Å². The van der Waals surface area contributed by atoms with Crippen LogP contribution in [0.4, 0.5) is 10.5 Å². The van der Waals surface area contributed by atoms with Gasteiger partial charge in [0, 0.05) is 10.6 Å². The predicted octanol–water partition coefficient (Wildman–Crippen LogP) is 7.39. The molecule has 0 unspecified atom stereocenters. The van der Waals surface area contributed by atoms with Crippen LogP contribution in [0.15, 0.2) is 64.6 Å². The smallest absolute Gasteiger partial charge is 0.335 e. The highest BCUT2D eigenvalue weighted by atomic mass is 35.5. The number of halogens is 2. The van der Waals surface area contributed by atoms with Gasteiger partial charge in [-0.3, -0.25) is 14.9 Å². The first-order chi connectivity index (χ1) is 18.8. The van der Waals surface area contributed by atoms with Gasteiger partial charge in [-0.05, 0) is 116 Å². The fourth-order valence-corrected chi connectivity index (χ4v) is 8.11. The molecule has 1 N–H and O–H groups in total. The number of benzene rings is 2. The Balaban J connectivity index is 1.16. The summed E-state index contributed by atoms with van der Waals surface area (Å²) in [5, 5.41) is 3.23. The van der Waals surface area contributed by atoms with Crippen LogP contribution in [0, 0.1) is 17.8 Å². The van der Waals surface area contributed by atoms with Gasteiger partial charge < -0.3 is 4.42 Å². The largest absolute Gasteiger partial charge is 0.457 e. The van der Waals surface area contributed by atoms with Crippen LogP contribution in [0.3, 0.4) is 0 Å². The van der Waals surface area contributed by atoms with E-state index in [1.165, 1.54) is 50.2 Å². The molecule has 2 heterocycles. The topological polar surface area (TPSA) is 79.6 Å². The van der Waals surface area contributed by atoms with Crippen LogP contribution in [-0.2, 0) is 15.0 Å². The van der Waals surface area contributed by atoms with E-state index in [1.807, 2.05) is 12.1 Å². The normalized spacial score (nSPS) is 28.9. The zero-order valence-electron chi connectivity index (χ0n) is 21.1. The van der Waals surface area contributed by atoms with Crippen molar-refractivity contribution in [2.75, 3.05) is 4.90 Å². The van der Waals surface area contributed by atoms with Gasteiger partial charge in [0.25, 0.3) is 11.8 Å². The minimum absolute atomic E-state index is 0.196. The van der Waals surface area contributed by atoms with Crippen LogP contribution < -0.4 is 10.2 Å². The standard InChI is InChI=1S/C31H26Cl2N2O4/c32-21-3-7-26(33)24(12-21)27-8-6-23(39-27)13-25-28(36)34-30(38)35(29(25)37)22-4-1-20(2-5-22)31-14-17-9-18(15-31)11-19(10-17)16-31/h1-8,12-13,17-19H,9-11,14-16H2,(H,34,36,38)/b25-13+. The molecule has 3 aromatic rings. The second kappa shape index (κ2) is 9.10. The van der Waals surface area contributed by atoms with E-state index in [2.05, 4.69) is 17.4 Å². The molecule has 1 aromatic heterocycles. The maximum atomic E-state index is 13.4. The van der Waals surface area contributed by atoms with Crippen molar-refractivity contribution in [2.45, 2.75) is 43.9 Å². The van der Waals surface area contributed by atoms with Crippen molar-refractivity contribution in [1.29, 1.82) is 0 Å². The number of carbonyl (C=O) groups excluding carboxylic acids is 3. The van der Waals surface area contributed by atoms with Crippen molar-refractivity contribution in [3.8, 4) is 11.3 Å². The molecule has 6 nitrogen and oxygen atoms in total. The van der Waals surface area contributed by atoms with Gasteiger partial charge in [0.05, 0.1) is 10.7 Å². The van der Waals surface area contributed by atoms with Crippen molar-refractivity contribution in [2.24, 2.45) is 17.8 Å². The molecule has 8 rings (SSSR count). The second-order valence-electron chi connectivity index (χ2n) is 11.5. The highest BCUT2D eigenvalue weighted by molar-refractivity contribution is 6.39. The van der Waals surface area contributed by atoms with Gasteiger partial charge in [-0.25, -0.2) is 9.69 Å². The molecular formula is C31H26Cl2N2O4. The van der Waals surface area contributed by atoms with E-state index in [1.54, 1.807) is 30.3 Å². The van der Waals surface area contributed by atoms with Gasteiger partial charge in [0.1, 0.15) is 17.1 Å². The maximum Gasteiger partial charge on any atom is 0.335 e. The number of hydrogen-bond donors (Lipinski definition) is 1. The van der Waals surface area contributed by atoms with Crippen LogP contribution in [0.2, 0.25) is 10.0 Å². The maximum absolute atomic E-state index is 13.4. The zero-order valence-corrected chi connectivity index (χ0v) is 22.6. The monoisotopic (exact) mass is 560 g/mol. The first kappa shape index (κ1) is 24.7. The van der Waals surface area contributed by atoms with Gasteiger partial charge in [0.15, 0.2) is 0 Å². The summed E-state index contributed by atoms with van der Waals surface area (Å²) in [7, 11) is 0. The predicted molar refractivity (Wildman–Crippen MR) is 149 cm³/mol. The lowest BCUT2D eigenvalue weighted by atomic mass is 9.48. The third-order valence-electron chi connectivity index (χ3n) is 8.99. The lowest BCUT2D eigenvalue weighted by Gasteiger charge is -2.57. The number of hydrogen-bond acceptors (Lipinski definition) is 4. The summed E-state index contributed by atoms with van der Waals surface area (Å²) in [4.78, 5) is 39.9. The van der Waals surface area contributed by atoms with Crippen LogP contribution in [-0.4, -0.2) is 17.8 Å². The van der Waals surface area contributed by atoms with Gasteiger partial charge >= 0.3 is 6.03 Å². The molecule has 0 spiro atoms. The van der Waals surface area contributed by atoms with E-state index >= 15 is 0 Å². The third kappa shape index (κ3) is 4.21. The summed E-state index contributed by atoms with van der Waals surface area (Å²) in [6, 6.07) is 15.3. The van der Waals surface area contributed by atoms with Gasteiger partial charge in [-0.2, -0.15) is 0 Å². The molecule has 4 amide bonds. The molecule has 5 fully saturated rings. The van der Waals surface area contributed by atoms with Gasteiger partial charge in [-0.1, -0.05) is 35.3 Å². The summed E-state index contributed by atoms with van der Waals surface area (Å²) >= 11 is 12.4. The van der Waals surface area contributed by atoms with Crippen LogP contribution >= 0.6 is 23.2 Å². The number of anilines is 1. The van der Waals surface area contributed by atoms with E-state index in [4.69, 9.17) is 27.6 Å². The molecule has 2 aromatic carbocycles. The minimum atomic E-state index is -0.773. The fraction of sp³-hybridized carbons (Fsp3) is 0.323. The molecular weight excluding hydrogens is 535 g/mol. The summed E-state index contributed by atoms with van der Waals surface area (Å²) in [6.45, 7) is 0.